The maximum absolute atomic E-state index is 11.8. The Balaban J connectivity index is 2.46. The molecule has 6 nitrogen and oxygen atoms in total. The van der Waals surface area contributed by atoms with Crippen LogP contribution in [0.2, 0.25) is 0 Å². The highest BCUT2D eigenvalue weighted by molar-refractivity contribution is 7.91. The van der Waals surface area contributed by atoms with Crippen LogP contribution >= 0.6 is 0 Å². The van der Waals surface area contributed by atoms with E-state index in [-0.39, 0.29) is 24.0 Å². The number of rotatable bonds is 5. The predicted octanol–water partition coefficient (Wildman–Crippen LogP) is -1.01. The van der Waals surface area contributed by atoms with Gasteiger partial charge in [0.2, 0.25) is 5.91 Å². The van der Waals surface area contributed by atoms with Gasteiger partial charge in [0.05, 0.1) is 29.7 Å². The van der Waals surface area contributed by atoms with Crippen LogP contribution in [-0.4, -0.2) is 67.6 Å². The number of carbonyl (C=O) groups excluding carboxylic acids is 1. The third-order valence-corrected chi connectivity index (χ3v) is 4.84. The zero-order valence-electron chi connectivity index (χ0n) is 11.1. The van der Waals surface area contributed by atoms with Gasteiger partial charge in [0.1, 0.15) is 0 Å². The quantitative estimate of drug-likeness (QED) is 0.673. The van der Waals surface area contributed by atoms with Crippen LogP contribution in [0.5, 0.6) is 0 Å². The van der Waals surface area contributed by atoms with Gasteiger partial charge in [0, 0.05) is 6.54 Å². The van der Waals surface area contributed by atoms with Crippen LogP contribution in [0.4, 0.5) is 0 Å². The van der Waals surface area contributed by atoms with Crippen molar-refractivity contribution in [3.05, 3.63) is 0 Å². The van der Waals surface area contributed by atoms with E-state index in [1.807, 2.05) is 0 Å². The van der Waals surface area contributed by atoms with E-state index in [4.69, 9.17) is 0 Å². The van der Waals surface area contributed by atoms with Crippen LogP contribution in [0.1, 0.15) is 20.3 Å². The summed E-state index contributed by atoms with van der Waals surface area (Å²) in [5.74, 6) is -0.0724. The first kappa shape index (κ1) is 15.4. The summed E-state index contributed by atoms with van der Waals surface area (Å²) in [6.07, 6.45) is -0.0356. The number of amides is 1. The van der Waals surface area contributed by atoms with Crippen LogP contribution in [-0.2, 0) is 14.6 Å². The molecule has 7 heteroatoms. The predicted molar refractivity (Wildman–Crippen MR) is 69.0 cm³/mol. The number of aliphatic hydroxyl groups excluding tert-OH is 1. The average Bonchev–Trinajstić information content (AvgIpc) is 2.37. The van der Waals surface area contributed by atoms with Crippen LogP contribution in [0, 0.1) is 0 Å². The molecule has 1 aliphatic rings. The lowest BCUT2D eigenvalue weighted by Crippen LogP contribution is -2.50. The van der Waals surface area contributed by atoms with Gasteiger partial charge in [0.15, 0.2) is 9.84 Å². The first-order valence-corrected chi connectivity index (χ1v) is 7.82. The van der Waals surface area contributed by atoms with Crippen LogP contribution < -0.4 is 5.32 Å². The first-order valence-electron chi connectivity index (χ1n) is 6.00. The van der Waals surface area contributed by atoms with Gasteiger partial charge in [0.25, 0.3) is 0 Å². The fourth-order valence-electron chi connectivity index (χ4n) is 2.25. The van der Waals surface area contributed by atoms with E-state index in [1.54, 1.807) is 25.8 Å². The van der Waals surface area contributed by atoms with E-state index in [0.717, 1.165) is 0 Å². The minimum absolute atomic E-state index is 0.00581. The largest absolute Gasteiger partial charge is 0.392 e. The van der Waals surface area contributed by atoms with Gasteiger partial charge in [-0.2, -0.15) is 0 Å². The Bertz CT molecular complexity index is 407. The van der Waals surface area contributed by atoms with E-state index < -0.39 is 21.5 Å². The van der Waals surface area contributed by atoms with Crippen molar-refractivity contribution in [3.63, 3.8) is 0 Å². The second kappa shape index (κ2) is 5.54. The van der Waals surface area contributed by atoms with Crippen LogP contribution in [0.3, 0.4) is 0 Å². The Morgan fingerprint density at radius 3 is 2.61 bits per heavy atom. The SMILES string of the molecule is CC(O)CN(C)CC(=O)NC1(C)CCS(=O)(=O)C1. The summed E-state index contributed by atoms with van der Waals surface area (Å²) in [5, 5.41) is 12.0. The van der Waals surface area contributed by atoms with Gasteiger partial charge in [-0.3, -0.25) is 9.69 Å². The van der Waals surface area contributed by atoms with E-state index in [1.165, 1.54) is 0 Å². The molecule has 0 spiro atoms. The van der Waals surface area contributed by atoms with Crippen LogP contribution in [0.15, 0.2) is 0 Å². The van der Waals surface area contributed by atoms with Gasteiger partial charge < -0.3 is 10.4 Å². The maximum Gasteiger partial charge on any atom is 0.234 e. The lowest BCUT2D eigenvalue weighted by molar-refractivity contribution is -0.123. The Labute approximate surface area is 108 Å². The number of nitrogens with zero attached hydrogens (tertiary/aromatic N) is 1. The van der Waals surface area contributed by atoms with Crippen molar-refractivity contribution >= 4 is 15.7 Å². The Morgan fingerprint density at radius 1 is 1.56 bits per heavy atom. The fraction of sp³-hybridized carbons (Fsp3) is 0.909. The summed E-state index contributed by atoms with van der Waals surface area (Å²) < 4.78 is 22.8. The number of aliphatic hydroxyl groups is 1. The van der Waals surface area contributed by atoms with E-state index in [2.05, 4.69) is 5.32 Å². The third kappa shape index (κ3) is 4.91. The summed E-state index contributed by atoms with van der Waals surface area (Å²) in [6.45, 7) is 3.96. The molecule has 1 rings (SSSR count). The molecular formula is C11H22N2O4S. The minimum atomic E-state index is -3.02. The zero-order valence-corrected chi connectivity index (χ0v) is 12.0. The van der Waals surface area contributed by atoms with E-state index in [0.29, 0.717) is 13.0 Å². The number of hydrogen-bond donors (Lipinski definition) is 2. The molecule has 2 unspecified atom stereocenters. The normalized spacial score (nSPS) is 28.3. The number of sulfone groups is 1. The number of likely N-dealkylation sites (N-methyl/N-ethyl adjacent to an activating group) is 1. The molecule has 1 fully saturated rings. The topological polar surface area (TPSA) is 86.7 Å². The molecule has 0 aromatic rings. The Hall–Kier alpha value is -0.660. The molecule has 1 aliphatic heterocycles. The van der Waals surface area contributed by atoms with Crippen LogP contribution in [0.25, 0.3) is 0 Å². The summed E-state index contributed by atoms with van der Waals surface area (Å²) >= 11 is 0. The molecule has 1 amide bonds. The lowest BCUT2D eigenvalue weighted by Gasteiger charge is -2.26. The summed E-state index contributed by atoms with van der Waals surface area (Å²) in [4.78, 5) is 13.5. The molecule has 1 saturated heterocycles. The van der Waals surface area contributed by atoms with E-state index >= 15 is 0 Å². The van der Waals surface area contributed by atoms with Gasteiger partial charge in [-0.05, 0) is 27.3 Å². The van der Waals surface area contributed by atoms with Crippen molar-refractivity contribution in [2.45, 2.75) is 31.9 Å². The molecule has 106 valence electrons. The molecule has 18 heavy (non-hydrogen) atoms. The first-order chi connectivity index (χ1) is 8.12. The molecule has 0 radical (unpaired) electrons. The summed E-state index contributed by atoms with van der Waals surface area (Å²) in [6, 6.07) is 0. The Kier molecular flexibility index (Phi) is 4.74. The highest BCUT2D eigenvalue weighted by Gasteiger charge is 2.39. The van der Waals surface area contributed by atoms with Crippen molar-refractivity contribution in [3.8, 4) is 0 Å². The third-order valence-electron chi connectivity index (χ3n) is 2.93. The average molecular weight is 278 g/mol. The van der Waals surface area contributed by atoms with Crippen molar-refractivity contribution in [2.24, 2.45) is 0 Å². The van der Waals surface area contributed by atoms with Crippen molar-refractivity contribution in [1.29, 1.82) is 0 Å². The maximum atomic E-state index is 11.8. The smallest absolute Gasteiger partial charge is 0.234 e. The second-order valence-corrected chi connectivity index (χ2v) is 7.68. The van der Waals surface area contributed by atoms with Crippen molar-refractivity contribution < 1.29 is 18.3 Å². The standard InChI is InChI=1S/C11H22N2O4S/c1-9(14)6-13(3)7-10(15)12-11(2)4-5-18(16,17)8-11/h9,14H,4-8H2,1-3H3,(H,12,15). The number of carbonyl (C=O) groups is 1. The monoisotopic (exact) mass is 278 g/mol. The summed E-state index contributed by atoms with van der Waals surface area (Å²) in [5.41, 5.74) is -0.651. The van der Waals surface area contributed by atoms with E-state index in [9.17, 15) is 18.3 Å². The fourth-order valence-corrected chi connectivity index (χ4v) is 4.34. The second-order valence-electron chi connectivity index (χ2n) is 5.50. The molecule has 0 aromatic carbocycles. The Morgan fingerprint density at radius 2 is 2.17 bits per heavy atom. The molecule has 1 heterocycles. The van der Waals surface area contributed by atoms with Crippen molar-refractivity contribution in [1.82, 2.24) is 10.2 Å². The summed E-state index contributed by atoms with van der Waals surface area (Å²) in [7, 11) is -1.28. The molecule has 0 aliphatic carbocycles. The van der Waals surface area contributed by atoms with Gasteiger partial charge in [-0.1, -0.05) is 0 Å². The number of nitrogens with one attached hydrogen (secondary N) is 1. The van der Waals surface area contributed by atoms with Crippen molar-refractivity contribution in [2.75, 3.05) is 31.6 Å². The lowest BCUT2D eigenvalue weighted by atomic mass is 10.0. The molecular weight excluding hydrogens is 256 g/mol. The highest BCUT2D eigenvalue weighted by atomic mass is 32.2. The molecule has 2 N–H and O–H groups in total. The van der Waals surface area contributed by atoms with Gasteiger partial charge >= 0.3 is 0 Å². The molecule has 0 bridgehead atoms. The molecule has 0 aromatic heterocycles. The van der Waals surface area contributed by atoms with Gasteiger partial charge in [-0.25, -0.2) is 8.42 Å². The molecule has 2 atom stereocenters. The van der Waals surface area contributed by atoms with Gasteiger partial charge in [-0.15, -0.1) is 0 Å². The highest BCUT2D eigenvalue weighted by Crippen LogP contribution is 2.22. The minimum Gasteiger partial charge on any atom is -0.392 e. The molecule has 0 saturated carbocycles. The number of hydrogen-bond acceptors (Lipinski definition) is 5. The zero-order chi connectivity index (χ0) is 14.0.